The third-order valence-electron chi connectivity index (χ3n) is 6.89. The normalized spacial score (nSPS) is 18.3. The minimum atomic E-state index is -0.399. The number of aliphatic hydroxyl groups is 1. The van der Waals surface area contributed by atoms with Gasteiger partial charge in [-0.15, -0.1) is 0 Å². The zero-order valence-electron chi connectivity index (χ0n) is 21.8. The Hall–Kier alpha value is -3.78. The highest BCUT2D eigenvalue weighted by Gasteiger charge is 2.34. The Morgan fingerprint density at radius 2 is 1.89 bits per heavy atom. The number of hydrogen-bond acceptors (Lipinski definition) is 6. The lowest BCUT2D eigenvalue weighted by molar-refractivity contribution is -0.130. The molecular weight excluding hydrogens is 468 g/mol. The molecule has 194 valence electrons. The first-order valence-electron chi connectivity index (χ1n) is 12.5. The number of aromatic nitrogens is 2. The SMILES string of the molecule is Cc1ccc(-c2cnc3c(c2)C(=O)N([C@@H](C)CO)C[C@H](C)[C@@H](CN(C)C(=O)Cc2ccncc2)O3)cc1. The van der Waals surface area contributed by atoms with E-state index in [1.54, 1.807) is 41.5 Å². The van der Waals surface area contributed by atoms with Crippen molar-refractivity contribution in [1.82, 2.24) is 19.8 Å². The van der Waals surface area contributed by atoms with Crippen LogP contribution in [0.5, 0.6) is 5.88 Å². The van der Waals surface area contributed by atoms with Crippen molar-refractivity contribution < 1.29 is 19.4 Å². The summed E-state index contributed by atoms with van der Waals surface area (Å²) in [6.45, 7) is 6.39. The average Bonchev–Trinajstić information content (AvgIpc) is 2.91. The molecule has 4 rings (SSSR count). The zero-order valence-corrected chi connectivity index (χ0v) is 21.8. The van der Waals surface area contributed by atoms with E-state index in [1.807, 2.05) is 57.2 Å². The van der Waals surface area contributed by atoms with Crippen LogP contribution in [0.1, 0.15) is 35.3 Å². The summed E-state index contributed by atoms with van der Waals surface area (Å²) in [6, 6.07) is 13.1. The van der Waals surface area contributed by atoms with Gasteiger partial charge in [0.1, 0.15) is 11.7 Å². The van der Waals surface area contributed by atoms with Crippen LogP contribution in [0.25, 0.3) is 11.1 Å². The molecule has 37 heavy (non-hydrogen) atoms. The van der Waals surface area contributed by atoms with E-state index in [-0.39, 0.29) is 42.7 Å². The van der Waals surface area contributed by atoms with E-state index < -0.39 is 6.10 Å². The molecule has 1 aliphatic heterocycles. The zero-order chi connectivity index (χ0) is 26.5. The third kappa shape index (κ3) is 6.14. The summed E-state index contributed by atoms with van der Waals surface area (Å²) in [5, 5.41) is 9.89. The van der Waals surface area contributed by atoms with Crippen LogP contribution in [0.4, 0.5) is 0 Å². The van der Waals surface area contributed by atoms with Gasteiger partial charge in [0.2, 0.25) is 11.8 Å². The van der Waals surface area contributed by atoms with Gasteiger partial charge in [0.25, 0.3) is 5.91 Å². The van der Waals surface area contributed by atoms with Crippen LogP contribution in [0.15, 0.2) is 61.1 Å². The number of nitrogens with zero attached hydrogens (tertiary/aromatic N) is 4. The molecule has 1 N–H and O–H groups in total. The second-order valence-electron chi connectivity index (χ2n) is 9.87. The van der Waals surface area contributed by atoms with Gasteiger partial charge in [-0.1, -0.05) is 36.8 Å². The number of pyridine rings is 2. The van der Waals surface area contributed by atoms with Crippen molar-refractivity contribution in [2.45, 2.75) is 39.3 Å². The number of hydrogen-bond donors (Lipinski definition) is 1. The highest BCUT2D eigenvalue weighted by molar-refractivity contribution is 5.98. The first-order valence-corrected chi connectivity index (χ1v) is 12.5. The fourth-order valence-electron chi connectivity index (χ4n) is 4.41. The van der Waals surface area contributed by atoms with Gasteiger partial charge in [0.05, 0.1) is 25.6 Å². The quantitative estimate of drug-likeness (QED) is 0.532. The van der Waals surface area contributed by atoms with E-state index in [1.165, 1.54) is 0 Å². The number of amides is 2. The summed E-state index contributed by atoms with van der Waals surface area (Å²) in [4.78, 5) is 38.5. The predicted octanol–water partition coefficient (Wildman–Crippen LogP) is 3.37. The highest BCUT2D eigenvalue weighted by atomic mass is 16.5. The van der Waals surface area contributed by atoms with Crippen LogP contribution in [0.2, 0.25) is 0 Å². The van der Waals surface area contributed by atoms with Gasteiger partial charge in [-0.3, -0.25) is 14.6 Å². The minimum Gasteiger partial charge on any atom is -0.472 e. The van der Waals surface area contributed by atoms with Crippen LogP contribution in [0, 0.1) is 12.8 Å². The molecule has 1 aromatic carbocycles. The van der Waals surface area contributed by atoms with Crippen molar-refractivity contribution in [1.29, 1.82) is 0 Å². The highest BCUT2D eigenvalue weighted by Crippen LogP contribution is 2.30. The van der Waals surface area contributed by atoms with Crippen LogP contribution < -0.4 is 4.74 Å². The third-order valence-corrected chi connectivity index (χ3v) is 6.89. The molecule has 2 aromatic heterocycles. The Balaban J connectivity index is 1.63. The molecular formula is C29H34N4O4. The lowest BCUT2D eigenvalue weighted by Crippen LogP contribution is -2.50. The molecule has 3 heterocycles. The summed E-state index contributed by atoms with van der Waals surface area (Å²) >= 11 is 0. The van der Waals surface area contributed by atoms with Crippen molar-refractivity contribution in [2.24, 2.45) is 5.92 Å². The topological polar surface area (TPSA) is 95.9 Å². The van der Waals surface area contributed by atoms with Gasteiger partial charge in [-0.05, 0) is 43.2 Å². The number of benzene rings is 1. The van der Waals surface area contributed by atoms with E-state index in [0.717, 1.165) is 22.3 Å². The Bertz CT molecular complexity index is 1230. The second kappa shape index (κ2) is 11.5. The van der Waals surface area contributed by atoms with Gasteiger partial charge in [-0.25, -0.2) is 4.98 Å². The molecule has 0 unspecified atom stereocenters. The van der Waals surface area contributed by atoms with E-state index >= 15 is 0 Å². The number of aryl methyl sites for hydroxylation is 1. The van der Waals surface area contributed by atoms with Crippen LogP contribution >= 0.6 is 0 Å². The molecule has 0 spiro atoms. The van der Waals surface area contributed by atoms with Crippen molar-refractivity contribution in [3.05, 3.63) is 77.7 Å². The number of likely N-dealkylation sites (N-methyl/N-ethyl adjacent to an activating group) is 1. The fourth-order valence-corrected chi connectivity index (χ4v) is 4.41. The lowest BCUT2D eigenvalue weighted by Gasteiger charge is -2.37. The van der Waals surface area contributed by atoms with Gasteiger partial charge in [0, 0.05) is 43.7 Å². The number of ether oxygens (including phenoxy) is 1. The molecule has 8 nitrogen and oxygen atoms in total. The van der Waals surface area contributed by atoms with Crippen molar-refractivity contribution in [2.75, 3.05) is 26.7 Å². The molecule has 3 atom stereocenters. The first-order chi connectivity index (χ1) is 17.8. The molecule has 8 heteroatoms. The van der Waals surface area contributed by atoms with Crippen LogP contribution in [-0.2, 0) is 11.2 Å². The van der Waals surface area contributed by atoms with Crippen LogP contribution in [-0.4, -0.2) is 75.6 Å². The maximum Gasteiger partial charge on any atom is 0.259 e. The molecule has 0 bridgehead atoms. The fraction of sp³-hybridized carbons (Fsp3) is 0.379. The Labute approximate surface area is 217 Å². The Morgan fingerprint density at radius 3 is 2.57 bits per heavy atom. The maximum atomic E-state index is 13.6. The van der Waals surface area contributed by atoms with Gasteiger partial charge < -0.3 is 19.6 Å². The number of aliphatic hydroxyl groups excluding tert-OH is 1. The van der Waals surface area contributed by atoms with Gasteiger partial charge in [-0.2, -0.15) is 0 Å². The van der Waals surface area contributed by atoms with Gasteiger partial charge in [0.15, 0.2) is 0 Å². The smallest absolute Gasteiger partial charge is 0.259 e. The molecule has 2 amide bonds. The Kier molecular flexibility index (Phi) is 8.18. The molecule has 3 aromatic rings. The van der Waals surface area contributed by atoms with Crippen LogP contribution in [0.3, 0.4) is 0 Å². The van der Waals surface area contributed by atoms with Crippen molar-refractivity contribution >= 4 is 11.8 Å². The summed E-state index contributed by atoms with van der Waals surface area (Å²) in [6.07, 6.45) is 4.91. The predicted molar refractivity (Wildman–Crippen MR) is 141 cm³/mol. The number of carbonyl (C=O) groups is 2. The minimum absolute atomic E-state index is 0.0383. The number of fused-ring (bicyclic) bond motifs is 1. The summed E-state index contributed by atoms with van der Waals surface area (Å²) in [7, 11) is 1.76. The van der Waals surface area contributed by atoms with Crippen molar-refractivity contribution in [3.63, 3.8) is 0 Å². The molecule has 0 radical (unpaired) electrons. The largest absolute Gasteiger partial charge is 0.472 e. The molecule has 1 aliphatic rings. The lowest BCUT2D eigenvalue weighted by atomic mass is 9.99. The standard InChI is InChI=1S/C29H34N4O4/c1-19-5-7-23(8-6-19)24-14-25-28(31-15-24)37-26(20(2)16-33(29(25)36)21(3)18-34)17-32(4)27(35)13-22-9-11-30-12-10-22/h5-12,14-15,20-21,26,34H,13,16-18H2,1-4H3/t20-,21-,26+/m0/s1. The molecule has 0 saturated heterocycles. The number of carbonyl (C=O) groups excluding carboxylic acids is 2. The summed E-state index contributed by atoms with van der Waals surface area (Å²) in [5.41, 5.74) is 4.14. The molecule has 0 saturated carbocycles. The van der Waals surface area contributed by atoms with Gasteiger partial charge >= 0.3 is 0 Å². The number of rotatable bonds is 7. The Morgan fingerprint density at radius 1 is 1.19 bits per heavy atom. The van der Waals surface area contributed by atoms with Crippen molar-refractivity contribution in [3.8, 4) is 17.0 Å². The average molecular weight is 503 g/mol. The molecule has 0 fully saturated rings. The maximum absolute atomic E-state index is 13.6. The van der Waals surface area contributed by atoms with E-state index in [4.69, 9.17) is 4.74 Å². The van der Waals surface area contributed by atoms with E-state index in [0.29, 0.717) is 18.7 Å². The van der Waals surface area contributed by atoms with E-state index in [9.17, 15) is 14.7 Å². The summed E-state index contributed by atoms with van der Waals surface area (Å²) < 4.78 is 6.34. The molecule has 0 aliphatic carbocycles. The first kappa shape index (κ1) is 26.3. The second-order valence-corrected chi connectivity index (χ2v) is 9.87. The van der Waals surface area contributed by atoms with E-state index in [2.05, 4.69) is 9.97 Å². The monoisotopic (exact) mass is 502 g/mol. The summed E-state index contributed by atoms with van der Waals surface area (Å²) in [5.74, 6) is -0.141.